The topological polar surface area (TPSA) is 117 Å². The lowest BCUT2D eigenvalue weighted by atomic mass is 9.61. The zero-order chi connectivity index (χ0) is 36.8. The Labute approximate surface area is 294 Å². The fraction of sp³-hybridized carbons (Fsp3) is 0.571. The SMILES string of the molecule is CC(=O)O[C@H]1CC(C)(C)/C(=C\C/C(=C/C=C/C(C)=C/C=C/C=C(C)/C=C/C=C(\C)C(=O)C[C@@]23O[C@]2(C)C[C@@H](O)CC3(C)C)CO)[C@](C)(O)C1. The van der Waals surface area contributed by atoms with E-state index in [-0.39, 0.29) is 35.3 Å². The number of ketones is 1. The maximum absolute atomic E-state index is 13.1. The first-order chi connectivity index (χ1) is 22.7. The Morgan fingerprint density at radius 2 is 1.43 bits per heavy atom. The van der Waals surface area contributed by atoms with E-state index in [4.69, 9.17) is 9.47 Å². The number of aliphatic hydroxyl groups excluding tert-OH is 2. The van der Waals surface area contributed by atoms with Gasteiger partial charge in [0.1, 0.15) is 11.7 Å². The van der Waals surface area contributed by atoms with E-state index < -0.39 is 22.9 Å². The maximum atomic E-state index is 13.1. The minimum Gasteiger partial charge on any atom is -0.462 e. The van der Waals surface area contributed by atoms with Crippen LogP contribution in [0.5, 0.6) is 0 Å². The molecule has 7 nitrogen and oxygen atoms in total. The van der Waals surface area contributed by atoms with Gasteiger partial charge in [-0.3, -0.25) is 9.59 Å². The molecule has 1 heterocycles. The zero-order valence-electron chi connectivity index (χ0n) is 31.4. The second-order valence-electron chi connectivity index (χ2n) is 16.1. The third-order valence-corrected chi connectivity index (χ3v) is 10.5. The van der Waals surface area contributed by atoms with Crippen molar-refractivity contribution in [2.75, 3.05) is 6.61 Å². The molecule has 0 spiro atoms. The standard InChI is InChI=1S/C42H60O7/c1-29(17-13-19-31(3)36(46)27-42-39(7,8)23-34(45)24-41(42,10)49-42)15-11-12-16-30(2)18-14-20-33(28-43)21-22-37-38(5,6)25-35(48-32(4)44)26-40(37,9)47/h11-20,22,34-35,43,45,47H,21,23-28H2,1-10H3/b12-11+,17-13+,18-14+,29-15+,30-16+,31-19+,33-20-,37-22+/t34-,35-,40+,41+,42-/m0/s1. The van der Waals surface area contributed by atoms with Crippen LogP contribution in [0.3, 0.4) is 0 Å². The van der Waals surface area contributed by atoms with Crippen LogP contribution in [0.2, 0.25) is 0 Å². The summed E-state index contributed by atoms with van der Waals surface area (Å²) < 4.78 is 11.6. The summed E-state index contributed by atoms with van der Waals surface area (Å²) in [5, 5.41) is 31.4. The van der Waals surface area contributed by atoms with E-state index in [2.05, 4.69) is 13.8 Å². The zero-order valence-corrected chi connectivity index (χ0v) is 31.4. The number of fused-ring (bicyclic) bond motifs is 1. The minimum atomic E-state index is -1.10. The van der Waals surface area contributed by atoms with Gasteiger partial charge in [-0.25, -0.2) is 0 Å². The monoisotopic (exact) mass is 676 g/mol. The molecule has 3 N–H and O–H groups in total. The van der Waals surface area contributed by atoms with Gasteiger partial charge >= 0.3 is 5.97 Å². The van der Waals surface area contributed by atoms with Crippen molar-refractivity contribution in [1.82, 2.24) is 0 Å². The van der Waals surface area contributed by atoms with Gasteiger partial charge < -0.3 is 24.8 Å². The molecule has 3 fully saturated rings. The molecule has 0 amide bonds. The molecule has 1 saturated heterocycles. The third-order valence-electron chi connectivity index (χ3n) is 10.5. The van der Waals surface area contributed by atoms with Crippen LogP contribution in [-0.4, -0.2) is 62.7 Å². The van der Waals surface area contributed by atoms with Gasteiger partial charge in [-0.2, -0.15) is 0 Å². The second kappa shape index (κ2) is 15.8. The summed E-state index contributed by atoms with van der Waals surface area (Å²) in [6.07, 6.45) is 23.8. The molecule has 5 atom stereocenters. The van der Waals surface area contributed by atoms with Gasteiger partial charge in [-0.05, 0) is 81.4 Å². The van der Waals surface area contributed by atoms with Crippen LogP contribution in [-0.2, 0) is 19.1 Å². The fourth-order valence-electron chi connectivity index (χ4n) is 8.09. The Hall–Kier alpha value is -3.10. The highest BCUT2D eigenvalue weighted by molar-refractivity contribution is 5.96. The van der Waals surface area contributed by atoms with Crippen LogP contribution in [0.4, 0.5) is 0 Å². The van der Waals surface area contributed by atoms with Gasteiger partial charge in [0.25, 0.3) is 0 Å². The highest BCUT2D eigenvalue weighted by atomic mass is 16.6. The van der Waals surface area contributed by atoms with Crippen LogP contribution in [0.15, 0.2) is 94.7 Å². The van der Waals surface area contributed by atoms with Gasteiger partial charge in [0.05, 0.1) is 23.9 Å². The lowest BCUT2D eigenvalue weighted by Crippen LogP contribution is -2.48. The minimum absolute atomic E-state index is 0.0722. The number of Topliss-reactive ketones (excluding diaryl/α,β-unsaturated/α-hetero) is 1. The van der Waals surface area contributed by atoms with Gasteiger partial charge in [-0.1, -0.05) is 106 Å². The molecule has 3 rings (SSSR count). The predicted molar refractivity (Wildman–Crippen MR) is 197 cm³/mol. The van der Waals surface area contributed by atoms with E-state index in [1.54, 1.807) is 6.92 Å². The van der Waals surface area contributed by atoms with E-state index in [0.29, 0.717) is 44.1 Å². The fourth-order valence-corrected chi connectivity index (χ4v) is 8.09. The van der Waals surface area contributed by atoms with Gasteiger partial charge in [-0.15, -0.1) is 0 Å². The number of carbonyl (C=O) groups excluding carboxylic acids is 2. The number of esters is 1. The molecule has 0 aromatic rings. The molecular formula is C42H60O7. The molecule has 0 bridgehead atoms. The lowest BCUT2D eigenvalue weighted by molar-refractivity contribution is -0.152. The number of aliphatic hydroxyl groups is 3. The van der Waals surface area contributed by atoms with E-state index in [1.807, 2.05) is 108 Å². The summed E-state index contributed by atoms with van der Waals surface area (Å²) in [6, 6.07) is 0. The van der Waals surface area contributed by atoms with Crippen LogP contribution in [0, 0.1) is 10.8 Å². The number of epoxide rings is 1. The van der Waals surface area contributed by atoms with Crippen LogP contribution in [0.25, 0.3) is 0 Å². The second-order valence-corrected chi connectivity index (χ2v) is 16.1. The van der Waals surface area contributed by atoms with E-state index >= 15 is 0 Å². The van der Waals surface area contributed by atoms with Crippen LogP contribution in [0.1, 0.15) is 108 Å². The Bertz CT molecular complexity index is 1470. The molecule has 3 aliphatic rings. The normalized spacial score (nSPS) is 33.0. The predicted octanol–water partition coefficient (Wildman–Crippen LogP) is 7.90. The first-order valence-electron chi connectivity index (χ1n) is 17.5. The maximum Gasteiger partial charge on any atom is 0.302 e. The molecule has 0 unspecified atom stereocenters. The molecule has 2 saturated carbocycles. The molecular weight excluding hydrogens is 616 g/mol. The van der Waals surface area contributed by atoms with Crippen molar-refractivity contribution < 1.29 is 34.4 Å². The molecule has 2 aliphatic carbocycles. The van der Waals surface area contributed by atoms with Gasteiger partial charge in [0.2, 0.25) is 0 Å². The number of carbonyl (C=O) groups is 2. The summed E-state index contributed by atoms with van der Waals surface area (Å²) in [5.41, 5.74) is 1.81. The first-order valence-corrected chi connectivity index (χ1v) is 17.5. The number of allylic oxidation sites excluding steroid dienone is 14. The van der Waals surface area contributed by atoms with E-state index in [0.717, 1.165) is 22.3 Å². The molecule has 49 heavy (non-hydrogen) atoms. The summed E-state index contributed by atoms with van der Waals surface area (Å²) in [4.78, 5) is 24.6. The Balaban J connectivity index is 1.53. The quantitative estimate of drug-likeness (QED) is 0.0597. The smallest absolute Gasteiger partial charge is 0.302 e. The number of hydrogen-bond acceptors (Lipinski definition) is 7. The van der Waals surface area contributed by atoms with E-state index in [1.165, 1.54) is 6.92 Å². The molecule has 0 aromatic carbocycles. The summed E-state index contributed by atoms with van der Waals surface area (Å²) in [7, 11) is 0. The molecule has 1 aliphatic heterocycles. The molecule has 270 valence electrons. The summed E-state index contributed by atoms with van der Waals surface area (Å²) >= 11 is 0. The van der Waals surface area contributed by atoms with Gasteiger partial charge in [0.15, 0.2) is 5.78 Å². The van der Waals surface area contributed by atoms with Crippen molar-refractivity contribution in [3.63, 3.8) is 0 Å². The highest BCUT2D eigenvalue weighted by Crippen LogP contribution is 2.67. The average Bonchev–Trinajstić information content (AvgIpc) is 3.57. The molecule has 7 heteroatoms. The number of hydrogen-bond donors (Lipinski definition) is 3. The van der Waals surface area contributed by atoms with Gasteiger partial charge in [0, 0.05) is 26.2 Å². The number of ether oxygens (including phenoxy) is 2. The molecule has 0 aromatic heterocycles. The highest BCUT2D eigenvalue weighted by Gasteiger charge is 2.76. The van der Waals surface area contributed by atoms with Crippen molar-refractivity contribution in [2.45, 2.75) is 137 Å². The first kappa shape index (κ1) is 40.3. The van der Waals surface area contributed by atoms with Crippen molar-refractivity contribution in [2.24, 2.45) is 10.8 Å². The van der Waals surface area contributed by atoms with Crippen LogP contribution < -0.4 is 0 Å². The van der Waals surface area contributed by atoms with Crippen molar-refractivity contribution in [3.05, 3.63) is 94.7 Å². The molecule has 0 radical (unpaired) electrons. The Kier molecular flexibility index (Phi) is 13.0. The van der Waals surface area contributed by atoms with Crippen LogP contribution >= 0.6 is 0 Å². The lowest BCUT2D eigenvalue weighted by Gasteiger charge is -2.46. The van der Waals surface area contributed by atoms with Crippen molar-refractivity contribution in [3.8, 4) is 0 Å². The third kappa shape index (κ3) is 10.2. The van der Waals surface area contributed by atoms with E-state index in [9.17, 15) is 24.9 Å². The van der Waals surface area contributed by atoms with Crippen molar-refractivity contribution in [1.29, 1.82) is 0 Å². The average molecular weight is 677 g/mol. The summed E-state index contributed by atoms with van der Waals surface area (Å²) in [6.45, 7) is 19.2. The largest absolute Gasteiger partial charge is 0.462 e. The Morgan fingerprint density at radius 3 is 1.96 bits per heavy atom. The summed E-state index contributed by atoms with van der Waals surface area (Å²) in [5.74, 6) is -0.267. The number of rotatable bonds is 13. The Morgan fingerprint density at radius 1 is 0.837 bits per heavy atom. The van der Waals surface area contributed by atoms with Crippen molar-refractivity contribution >= 4 is 11.8 Å².